The highest BCUT2D eigenvalue weighted by atomic mass is 19.1. The van der Waals surface area contributed by atoms with E-state index in [9.17, 15) is 4.39 Å². The molecular weight excluding hydrogens is 319 g/mol. The zero-order valence-electron chi connectivity index (χ0n) is 16.6. The van der Waals surface area contributed by atoms with Crippen LogP contribution in [0.15, 0.2) is 6.07 Å². The van der Waals surface area contributed by atoms with Crippen molar-refractivity contribution in [1.29, 1.82) is 0 Å². The quantitative estimate of drug-likeness (QED) is 0.789. The molecule has 25 heavy (non-hydrogen) atoms. The molecule has 1 saturated heterocycles. The Kier molecular flexibility index (Phi) is 8.52. The van der Waals surface area contributed by atoms with Crippen molar-refractivity contribution in [2.45, 2.75) is 60.6 Å². The highest BCUT2D eigenvalue weighted by molar-refractivity contribution is 5.94. The highest BCUT2D eigenvalue weighted by Crippen LogP contribution is 2.33. The summed E-state index contributed by atoms with van der Waals surface area (Å²) in [6.45, 7) is 12.9. The number of alkyl halides is 1. The first-order valence-corrected chi connectivity index (χ1v) is 9.17. The van der Waals surface area contributed by atoms with Crippen LogP contribution in [0.5, 0.6) is 5.88 Å². The Morgan fingerprint density at radius 3 is 2.40 bits per heavy atom. The van der Waals surface area contributed by atoms with Crippen molar-refractivity contribution in [3.63, 3.8) is 0 Å². The van der Waals surface area contributed by atoms with Crippen molar-refractivity contribution in [3.8, 4) is 5.88 Å². The van der Waals surface area contributed by atoms with Crippen molar-refractivity contribution in [1.82, 2.24) is 15.0 Å². The van der Waals surface area contributed by atoms with Gasteiger partial charge >= 0.3 is 0 Å². The molecule has 1 fully saturated rings. The normalized spacial score (nSPS) is 16.5. The molecule has 2 aromatic heterocycles. The Labute approximate surface area is 150 Å². The average Bonchev–Trinajstić information content (AvgIpc) is 2.63. The van der Waals surface area contributed by atoms with Crippen molar-refractivity contribution < 1.29 is 9.13 Å². The number of halogens is 1. The Hall–Kier alpha value is -1.98. The molecule has 5 nitrogen and oxygen atoms in total. The maximum absolute atomic E-state index is 13.7. The van der Waals surface area contributed by atoms with E-state index in [1.165, 1.54) is 0 Å². The predicted octanol–water partition coefficient (Wildman–Crippen LogP) is 4.64. The van der Waals surface area contributed by atoms with Crippen molar-refractivity contribution in [2.24, 2.45) is 0 Å². The summed E-state index contributed by atoms with van der Waals surface area (Å²) in [6.07, 6.45) is 0.633. The first-order valence-electron chi connectivity index (χ1n) is 9.17. The van der Waals surface area contributed by atoms with Crippen LogP contribution >= 0.6 is 0 Å². The third-order valence-corrected chi connectivity index (χ3v) is 3.72. The van der Waals surface area contributed by atoms with Gasteiger partial charge in [0.05, 0.1) is 19.2 Å². The molecule has 0 amide bonds. The number of methoxy groups -OCH3 is 1. The Bertz CT molecular complexity index is 673. The topological polar surface area (TPSA) is 51.1 Å². The van der Waals surface area contributed by atoms with Crippen LogP contribution in [0.25, 0.3) is 10.9 Å². The summed E-state index contributed by atoms with van der Waals surface area (Å²) in [5.74, 6) is 1.90. The molecular formula is C19H31FN4O. The molecule has 1 unspecified atom stereocenters. The largest absolute Gasteiger partial charge is 0.480 e. The van der Waals surface area contributed by atoms with Gasteiger partial charge in [-0.3, -0.25) is 0 Å². The predicted molar refractivity (Wildman–Crippen MR) is 102 cm³/mol. The lowest BCUT2D eigenvalue weighted by Crippen LogP contribution is -2.37. The molecule has 140 valence electrons. The van der Waals surface area contributed by atoms with Crippen LogP contribution in [0.3, 0.4) is 0 Å². The number of nitrogens with zero attached hydrogens (tertiary/aromatic N) is 4. The second kappa shape index (κ2) is 10.1. The molecule has 6 heteroatoms. The van der Waals surface area contributed by atoms with Crippen molar-refractivity contribution >= 4 is 16.7 Å². The minimum atomic E-state index is -0.812. The van der Waals surface area contributed by atoms with Crippen LogP contribution in [0.2, 0.25) is 0 Å². The van der Waals surface area contributed by atoms with Crippen LogP contribution in [-0.2, 0) is 0 Å². The lowest BCUT2D eigenvalue weighted by atomic mass is 10.1. The maximum atomic E-state index is 13.7. The number of anilines is 1. The van der Waals surface area contributed by atoms with Gasteiger partial charge in [-0.15, -0.1) is 0 Å². The second-order valence-electron chi connectivity index (χ2n) is 5.45. The minimum Gasteiger partial charge on any atom is -0.480 e. The first-order chi connectivity index (χ1) is 12.1. The number of aromatic nitrogens is 3. The van der Waals surface area contributed by atoms with E-state index in [-0.39, 0.29) is 0 Å². The molecule has 1 aliphatic rings. The molecule has 1 atom stereocenters. The van der Waals surface area contributed by atoms with Gasteiger partial charge in [0.15, 0.2) is 0 Å². The Morgan fingerprint density at radius 1 is 1.12 bits per heavy atom. The SMILES string of the molecule is CC.CC.COc1nc(C)cc2nc(C)nc(N3CCCC(F)C3)c12. The molecule has 0 saturated carbocycles. The van der Waals surface area contributed by atoms with Gasteiger partial charge in [0.2, 0.25) is 5.88 Å². The zero-order valence-corrected chi connectivity index (χ0v) is 16.6. The third kappa shape index (κ3) is 5.00. The lowest BCUT2D eigenvalue weighted by molar-refractivity contribution is 0.286. The van der Waals surface area contributed by atoms with Crippen LogP contribution in [0.1, 0.15) is 52.1 Å². The van der Waals surface area contributed by atoms with Crippen molar-refractivity contribution in [3.05, 3.63) is 17.6 Å². The number of pyridine rings is 1. The molecule has 3 rings (SSSR count). The molecule has 1 aliphatic heterocycles. The van der Waals surface area contributed by atoms with E-state index in [1.54, 1.807) is 7.11 Å². The smallest absolute Gasteiger partial charge is 0.226 e. The molecule has 0 aromatic carbocycles. The van der Waals surface area contributed by atoms with Gasteiger partial charge in [0.1, 0.15) is 23.2 Å². The molecule has 0 radical (unpaired) electrons. The average molecular weight is 350 g/mol. The van der Waals surface area contributed by atoms with E-state index in [4.69, 9.17) is 4.74 Å². The van der Waals surface area contributed by atoms with E-state index in [0.29, 0.717) is 24.7 Å². The maximum Gasteiger partial charge on any atom is 0.226 e. The Morgan fingerprint density at radius 2 is 1.80 bits per heavy atom. The van der Waals surface area contributed by atoms with Gasteiger partial charge in [-0.25, -0.2) is 19.3 Å². The lowest BCUT2D eigenvalue weighted by Gasteiger charge is -2.31. The molecule has 3 heterocycles. The summed E-state index contributed by atoms with van der Waals surface area (Å²) in [4.78, 5) is 15.4. The molecule has 0 spiro atoms. The monoisotopic (exact) mass is 350 g/mol. The fourth-order valence-corrected chi connectivity index (χ4v) is 2.83. The summed E-state index contributed by atoms with van der Waals surface area (Å²) in [7, 11) is 1.58. The molecule has 0 bridgehead atoms. The van der Waals surface area contributed by atoms with E-state index < -0.39 is 6.17 Å². The Balaban J connectivity index is 0.000000730. The number of ether oxygens (including phenoxy) is 1. The molecule has 0 aliphatic carbocycles. The summed E-state index contributed by atoms with van der Waals surface area (Å²) in [6, 6.07) is 1.91. The van der Waals surface area contributed by atoms with Crippen LogP contribution < -0.4 is 9.64 Å². The van der Waals surface area contributed by atoms with Crippen molar-refractivity contribution in [2.75, 3.05) is 25.1 Å². The van der Waals surface area contributed by atoms with Crippen LogP contribution in [-0.4, -0.2) is 41.3 Å². The van der Waals surface area contributed by atoms with Gasteiger partial charge in [0.25, 0.3) is 0 Å². The van der Waals surface area contributed by atoms with Gasteiger partial charge in [-0.05, 0) is 32.8 Å². The minimum absolute atomic E-state index is 0.364. The highest BCUT2D eigenvalue weighted by Gasteiger charge is 2.24. The number of rotatable bonds is 2. The second-order valence-corrected chi connectivity index (χ2v) is 5.45. The summed E-state index contributed by atoms with van der Waals surface area (Å²) in [5, 5.41) is 0.766. The fraction of sp³-hybridized carbons (Fsp3) is 0.632. The number of piperidine rings is 1. The first kappa shape index (κ1) is 21.1. The van der Waals surface area contributed by atoms with Gasteiger partial charge in [-0.2, -0.15) is 0 Å². The van der Waals surface area contributed by atoms with E-state index >= 15 is 0 Å². The number of aryl methyl sites for hydroxylation is 2. The number of hydrogen-bond donors (Lipinski definition) is 0. The van der Waals surface area contributed by atoms with Gasteiger partial charge < -0.3 is 9.64 Å². The fourth-order valence-electron chi connectivity index (χ4n) is 2.83. The van der Waals surface area contributed by atoms with E-state index in [2.05, 4.69) is 15.0 Å². The summed E-state index contributed by atoms with van der Waals surface area (Å²) >= 11 is 0. The number of fused-ring (bicyclic) bond motifs is 1. The van der Waals surface area contributed by atoms with E-state index in [1.807, 2.05) is 52.5 Å². The van der Waals surface area contributed by atoms with Crippen LogP contribution in [0, 0.1) is 13.8 Å². The number of hydrogen-bond acceptors (Lipinski definition) is 5. The summed E-state index contributed by atoms with van der Waals surface area (Å²) < 4.78 is 19.1. The summed E-state index contributed by atoms with van der Waals surface area (Å²) in [5.41, 5.74) is 1.63. The standard InChI is InChI=1S/C15H19FN4O.2C2H6/c1-9-7-12-13(15(17-9)21-3)14(19-10(2)18-12)20-6-4-5-11(16)8-20;2*1-2/h7,11H,4-6,8H2,1-3H3;2*1-2H3. The molecule has 0 N–H and O–H groups in total. The van der Waals surface area contributed by atoms with Gasteiger partial charge in [-0.1, -0.05) is 27.7 Å². The zero-order chi connectivity index (χ0) is 19.0. The van der Waals surface area contributed by atoms with Gasteiger partial charge in [0, 0.05) is 12.2 Å². The van der Waals surface area contributed by atoms with Crippen LogP contribution in [0.4, 0.5) is 10.2 Å². The molecule has 2 aromatic rings. The third-order valence-electron chi connectivity index (χ3n) is 3.72. The van der Waals surface area contributed by atoms with E-state index in [0.717, 1.165) is 35.4 Å².